The van der Waals surface area contributed by atoms with Crippen LogP contribution in [-0.2, 0) is 4.74 Å². The predicted octanol–water partition coefficient (Wildman–Crippen LogP) is 0.596. The summed E-state index contributed by atoms with van der Waals surface area (Å²) in [4.78, 5) is 1.70. The van der Waals surface area contributed by atoms with Gasteiger partial charge in [-0.25, -0.2) is 8.78 Å². The van der Waals surface area contributed by atoms with Crippen LogP contribution in [0.1, 0.15) is 12.8 Å². The van der Waals surface area contributed by atoms with E-state index in [-0.39, 0.29) is 25.5 Å². The van der Waals surface area contributed by atoms with Gasteiger partial charge in [0.2, 0.25) is 6.43 Å². The number of rotatable bonds is 3. The number of halogens is 2. The molecule has 0 aromatic carbocycles. The lowest BCUT2D eigenvalue weighted by Crippen LogP contribution is -2.53. The maximum absolute atomic E-state index is 12.2. The average Bonchev–Trinajstić information content (AvgIpc) is 2.20. The molecule has 1 aliphatic rings. The molecule has 1 heterocycles. The van der Waals surface area contributed by atoms with E-state index in [1.54, 1.807) is 19.0 Å². The van der Waals surface area contributed by atoms with Crippen molar-refractivity contribution in [3.8, 4) is 0 Å². The van der Waals surface area contributed by atoms with Crippen LogP contribution in [0.4, 0.5) is 8.78 Å². The Kier molecular flexibility index (Phi) is 5.48. The fourth-order valence-electron chi connectivity index (χ4n) is 1.64. The molecule has 3 atom stereocenters. The van der Waals surface area contributed by atoms with E-state index in [0.29, 0.717) is 5.11 Å². The Bertz CT molecular complexity index is 267. The van der Waals surface area contributed by atoms with Gasteiger partial charge in [-0.15, -0.1) is 0 Å². The highest BCUT2D eigenvalue weighted by Crippen LogP contribution is 2.20. The largest absolute Gasteiger partial charge is 0.391 e. The van der Waals surface area contributed by atoms with E-state index in [2.05, 4.69) is 5.32 Å². The van der Waals surface area contributed by atoms with Gasteiger partial charge in [-0.3, -0.25) is 0 Å². The minimum atomic E-state index is -2.40. The van der Waals surface area contributed by atoms with Crippen molar-refractivity contribution in [3.63, 3.8) is 0 Å². The zero-order valence-electron chi connectivity index (χ0n) is 9.90. The van der Waals surface area contributed by atoms with Crippen LogP contribution in [0.25, 0.3) is 0 Å². The molecule has 3 unspecified atom stereocenters. The molecule has 1 rings (SSSR count). The van der Waals surface area contributed by atoms with Gasteiger partial charge in [0.1, 0.15) is 0 Å². The minimum Gasteiger partial charge on any atom is -0.391 e. The van der Waals surface area contributed by atoms with E-state index < -0.39 is 18.6 Å². The van der Waals surface area contributed by atoms with Crippen molar-refractivity contribution >= 4 is 17.3 Å². The number of aliphatic hydroxyl groups excluding tert-OH is 1. The van der Waals surface area contributed by atoms with Crippen LogP contribution in [0.2, 0.25) is 0 Å². The van der Waals surface area contributed by atoms with E-state index in [4.69, 9.17) is 17.0 Å². The van der Waals surface area contributed by atoms with Gasteiger partial charge in [0.25, 0.3) is 0 Å². The molecule has 7 heteroatoms. The molecule has 0 aromatic rings. The summed E-state index contributed by atoms with van der Waals surface area (Å²) in [6, 6.07) is -0.334. The molecule has 0 spiro atoms. The molecule has 0 amide bonds. The Morgan fingerprint density at radius 2 is 2.24 bits per heavy atom. The Labute approximate surface area is 105 Å². The van der Waals surface area contributed by atoms with Gasteiger partial charge in [-0.2, -0.15) is 0 Å². The summed E-state index contributed by atoms with van der Waals surface area (Å²) in [5, 5.41) is 13.2. The summed E-state index contributed by atoms with van der Waals surface area (Å²) in [6.07, 6.45) is -3.82. The second-order valence-corrected chi connectivity index (χ2v) is 4.72. The van der Waals surface area contributed by atoms with Crippen molar-refractivity contribution < 1.29 is 18.6 Å². The van der Waals surface area contributed by atoms with Gasteiger partial charge in [-0.05, 0) is 12.2 Å². The Morgan fingerprint density at radius 3 is 2.71 bits per heavy atom. The number of aliphatic hydroxyl groups is 1. The standard InChI is InChI=1S/C10H18F2N2O2S/c1-14(2)10(17)13-7-5-16-6(3-8(7)15)4-9(11)12/h6-9,15H,3-5H2,1-2H3,(H,13,17). The Hall–Kier alpha value is -0.530. The van der Waals surface area contributed by atoms with E-state index in [9.17, 15) is 13.9 Å². The topological polar surface area (TPSA) is 44.7 Å². The second-order valence-electron chi connectivity index (χ2n) is 4.34. The van der Waals surface area contributed by atoms with Gasteiger partial charge >= 0.3 is 0 Å². The highest BCUT2D eigenvalue weighted by Gasteiger charge is 2.31. The van der Waals surface area contributed by atoms with Crippen LogP contribution >= 0.6 is 12.2 Å². The number of alkyl halides is 2. The molecule has 1 saturated heterocycles. The highest BCUT2D eigenvalue weighted by molar-refractivity contribution is 7.80. The summed E-state index contributed by atoms with van der Waals surface area (Å²) >= 11 is 5.04. The van der Waals surface area contributed by atoms with Crippen LogP contribution < -0.4 is 5.32 Å². The van der Waals surface area contributed by atoms with Crippen LogP contribution in [0.3, 0.4) is 0 Å². The first-order valence-electron chi connectivity index (χ1n) is 5.45. The molecule has 0 bridgehead atoms. The van der Waals surface area contributed by atoms with Crippen molar-refractivity contribution in [1.82, 2.24) is 10.2 Å². The third-order valence-corrected chi connectivity index (χ3v) is 3.12. The highest BCUT2D eigenvalue weighted by atomic mass is 32.1. The van der Waals surface area contributed by atoms with Crippen LogP contribution in [0.5, 0.6) is 0 Å². The molecule has 1 fully saturated rings. The second kappa shape index (κ2) is 6.42. The number of thiocarbonyl (C=S) groups is 1. The molecule has 0 aliphatic carbocycles. The van der Waals surface area contributed by atoms with Gasteiger partial charge in [0.05, 0.1) is 24.9 Å². The number of nitrogens with one attached hydrogen (secondary N) is 1. The predicted molar refractivity (Wildman–Crippen MR) is 64.2 cm³/mol. The van der Waals surface area contributed by atoms with Crippen LogP contribution in [-0.4, -0.2) is 60.5 Å². The van der Waals surface area contributed by atoms with Crippen molar-refractivity contribution in [1.29, 1.82) is 0 Å². The lowest BCUT2D eigenvalue weighted by molar-refractivity contribution is -0.0808. The van der Waals surface area contributed by atoms with Crippen molar-refractivity contribution in [3.05, 3.63) is 0 Å². The van der Waals surface area contributed by atoms with Gasteiger partial charge in [-0.1, -0.05) is 0 Å². The van der Waals surface area contributed by atoms with E-state index >= 15 is 0 Å². The van der Waals surface area contributed by atoms with Crippen LogP contribution in [0, 0.1) is 0 Å². The maximum Gasteiger partial charge on any atom is 0.241 e. The quantitative estimate of drug-likeness (QED) is 0.734. The third kappa shape index (κ3) is 4.69. The number of hydrogen-bond donors (Lipinski definition) is 2. The fourth-order valence-corrected chi connectivity index (χ4v) is 1.79. The first-order valence-corrected chi connectivity index (χ1v) is 5.86. The molecule has 2 N–H and O–H groups in total. The van der Waals surface area contributed by atoms with Gasteiger partial charge in [0.15, 0.2) is 5.11 Å². The van der Waals surface area contributed by atoms with Crippen LogP contribution in [0.15, 0.2) is 0 Å². The lowest BCUT2D eigenvalue weighted by atomic mass is 10.00. The number of hydrogen-bond acceptors (Lipinski definition) is 3. The van der Waals surface area contributed by atoms with E-state index in [1.165, 1.54) is 0 Å². The third-order valence-electron chi connectivity index (χ3n) is 2.64. The molecule has 100 valence electrons. The zero-order chi connectivity index (χ0) is 13.0. The average molecular weight is 268 g/mol. The SMILES string of the molecule is CN(C)C(=S)NC1COC(CC(F)F)CC1O. The zero-order valence-corrected chi connectivity index (χ0v) is 10.7. The van der Waals surface area contributed by atoms with Gasteiger partial charge < -0.3 is 20.1 Å². The van der Waals surface area contributed by atoms with Crippen molar-refractivity contribution in [2.24, 2.45) is 0 Å². The molecule has 0 saturated carbocycles. The number of nitrogens with zero attached hydrogens (tertiary/aromatic N) is 1. The molecule has 1 aliphatic heterocycles. The molecule has 4 nitrogen and oxygen atoms in total. The normalized spacial score (nSPS) is 29.2. The lowest BCUT2D eigenvalue weighted by Gasteiger charge is -2.35. The summed E-state index contributed by atoms with van der Waals surface area (Å²) in [5.41, 5.74) is 0. The van der Waals surface area contributed by atoms with E-state index in [0.717, 1.165) is 0 Å². The minimum absolute atomic E-state index is 0.187. The summed E-state index contributed by atoms with van der Waals surface area (Å²) in [6.45, 7) is 0.187. The molecule has 0 aromatic heterocycles. The van der Waals surface area contributed by atoms with Crippen molar-refractivity contribution in [2.75, 3.05) is 20.7 Å². The molecular weight excluding hydrogens is 250 g/mol. The molecular formula is C10H18F2N2O2S. The fraction of sp³-hybridized carbons (Fsp3) is 0.900. The maximum atomic E-state index is 12.2. The number of ether oxygens (including phenoxy) is 1. The monoisotopic (exact) mass is 268 g/mol. The van der Waals surface area contributed by atoms with Crippen molar-refractivity contribution in [2.45, 2.75) is 37.5 Å². The Morgan fingerprint density at radius 1 is 1.59 bits per heavy atom. The first kappa shape index (κ1) is 14.5. The summed E-state index contributed by atoms with van der Waals surface area (Å²) in [7, 11) is 3.57. The summed E-state index contributed by atoms with van der Waals surface area (Å²) < 4.78 is 29.6. The van der Waals surface area contributed by atoms with Gasteiger partial charge in [0, 0.05) is 26.9 Å². The first-order chi connectivity index (χ1) is 7.90. The Balaban J connectivity index is 2.40. The van der Waals surface area contributed by atoms with E-state index in [1.807, 2.05) is 0 Å². The smallest absolute Gasteiger partial charge is 0.241 e. The molecule has 0 radical (unpaired) electrons. The summed E-state index contributed by atoms with van der Waals surface area (Å²) in [5.74, 6) is 0. The molecule has 17 heavy (non-hydrogen) atoms.